The first-order chi connectivity index (χ1) is 9.31. The van der Waals surface area contributed by atoms with Crippen molar-refractivity contribution in [2.24, 2.45) is 0 Å². The van der Waals surface area contributed by atoms with E-state index in [9.17, 15) is 0 Å². The summed E-state index contributed by atoms with van der Waals surface area (Å²) in [6.45, 7) is 0.630. The SMILES string of the molecule is S=c1ccc2cc(OCC3=CCCC=C3)ccc2[nH]1. The van der Waals surface area contributed by atoms with Gasteiger partial charge in [-0.15, -0.1) is 0 Å². The zero-order valence-corrected chi connectivity index (χ0v) is 11.4. The second kappa shape index (κ2) is 5.41. The third-order valence-corrected chi connectivity index (χ3v) is 3.41. The van der Waals surface area contributed by atoms with E-state index in [0.717, 1.165) is 34.1 Å². The first-order valence-electron chi connectivity index (χ1n) is 6.43. The van der Waals surface area contributed by atoms with Crippen LogP contribution in [0, 0.1) is 4.64 Å². The van der Waals surface area contributed by atoms with Crippen LogP contribution in [-0.4, -0.2) is 11.6 Å². The molecule has 0 atom stereocenters. The van der Waals surface area contributed by atoms with Gasteiger partial charge in [0.2, 0.25) is 0 Å². The van der Waals surface area contributed by atoms with Crippen molar-refractivity contribution in [2.75, 3.05) is 6.61 Å². The van der Waals surface area contributed by atoms with Gasteiger partial charge < -0.3 is 9.72 Å². The van der Waals surface area contributed by atoms with Crippen molar-refractivity contribution in [3.8, 4) is 5.75 Å². The van der Waals surface area contributed by atoms with Crippen LogP contribution in [0.4, 0.5) is 0 Å². The summed E-state index contributed by atoms with van der Waals surface area (Å²) in [7, 11) is 0. The van der Waals surface area contributed by atoms with E-state index in [2.05, 4.69) is 23.2 Å². The molecule has 19 heavy (non-hydrogen) atoms. The molecular weight excluding hydrogens is 254 g/mol. The topological polar surface area (TPSA) is 25.0 Å². The van der Waals surface area contributed by atoms with Crippen LogP contribution >= 0.6 is 12.2 Å². The number of hydrogen-bond acceptors (Lipinski definition) is 2. The lowest BCUT2D eigenvalue weighted by atomic mass is 10.1. The van der Waals surface area contributed by atoms with Crippen LogP contribution in [0.5, 0.6) is 5.75 Å². The minimum atomic E-state index is 0.630. The molecule has 2 aromatic rings. The van der Waals surface area contributed by atoms with Crippen LogP contribution in [-0.2, 0) is 0 Å². The molecule has 3 heteroatoms. The van der Waals surface area contributed by atoms with E-state index in [-0.39, 0.29) is 0 Å². The van der Waals surface area contributed by atoms with Crippen LogP contribution in [0.3, 0.4) is 0 Å². The maximum absolute atomic E-state index is 5.82. The Morgan fingerprint density at radius 3 is 2.95 bits per heavy atom. The minimum absolute atomic E-state index is 0.630. The van der Waals surface area contributed by atoms with Crippen molar-refractivity contribution in [2.45, 2.75) is 12.8 Å². The number of hydrogen-bond donors (Lipinski definition) is 1. The molecule has 2 nitrogen and oxygen atoms in total. The molecule has 0 saturated carbocycles. The molecule has 1 aromatic heterocycles. The second-order valence-electron chi connectivity index (χ2n) is 4.62. The predicted octanol–water partition coefficient (Wildman–Crippen LogP) is 4.55. The zero-order chi connectivity index (χ0) is 13.1. The maximum Gasteiger partial charge on any atom is 0.120 e. The number of H-pyrrole nitrogens is 1. The van der Waals surface area contributed by atoms with E-state index in [1.165, 1.54) is 5.57 Å². The summed E-state index contributed by atoms with van der Waals surface area (Å²) in [5, 5.41) is 1.11. The number of rotatable bonds is 3. The van der Waals surface area contributed by atoms with Gasteiger partial charge in [-0.2, -0.15) is 0 Å². The van der Waals surface area contributed by atoms with Gasteiger partial charge in [0.25, 0.3) is 0 Å². The Labute approximate surface area is 117 Å². The molecule has 0 bridgehead atoms. The molecule has 0 amide bonds. The summed E-state index contributed by atoms with van der Waals surface area (Å²) in [5.74, 6) is 0.887. The summed E-state index contributed by atoms with van der Waals surface area (Å²) in [6, 6.07) is 9.93. The lowest BCUT2D eigenvalue weighted by Gasteiger charge is -2.10. The fraction of sp³-hybridized carbons (Fsp3) is 0.188. The first-order valence-corrected chi connectivity index (χ1v) is 6.83. The third kappa shape index (κ3) is 2.93. The van der Waals surface area contributed by atoms with Crippen molar-refractivity contribution >= 4 is 23.1 Å². The molecule has 0 spiro atoms. The molecule has 0 fully saturated rings. The number of aromatic nitrogens is 1. The Morgan fingerprint density at radius 2 is 2.11 bits per heavy atom. The zero-order valence-electron chi connectivity index (χ0n) is 10.6. The van der Waals surface area contributed by atoms with Gasteiger partial charge in [-0.25, -0.2) is 0 Å². The number of nitrogens with one attached hydrogen (secondary N) is 1. The standard InChI is InChI=1S/C16H15NOS/c19-16-9-6-13-10-14(7-8-15(13)17-16)18-11-12-4-2-1-3-5-12/h2,4-10H,1,3,11H2,(H,17,19). The van der Waals surface area contributed by atoms with Gasteiger partial charge in [0.1, 0.15) is 17.0 Å². The van der Waals surface area contributed by atoms with Gasteiger partial charge in [0, 0.05) is 10.9 Å². The molecule has 0 aliphatic heterocycles. The number of fused-ring (bicyclic) bond motifs is 1. The van der Waals surface area contributed by atoms with E-state index in [4.69, 9.17) is 17.0 Å². The molecular formula is C16H15NOS. The number of pyridine rings is 1. The van der Waals surface area contributed by atoms with E-state index < -0.39 is 0 Å². The Hall–Kier alpha value is -1.87. The fourth-order valence-corrected chi connectivity index (χ4v) is 2.34. The van der Waals surface area contributed by atoms with Gasteiger partial charge in [-0.05, 0) is 48.7 Å². The number of allylic oxidation sites excluding steroid dienone is 2. The highest BCUT2D eigenvalue weighted by Gasteiger charge is 2.01. The molecule has 3 rings (SSSR count). The van der Waals surface area contributed by atoms with E-state index in [0.29, 0.717) is 6.61 Å². The van der Waals surface area contributed by atoms with Gasteiger partial charge in [0.15, 0.2) is 0 Å². The molecule has 1 N–H and O–H groups in total. The van der Waals surface area contributed by atoms with Gasteiger partial charge in [0.05, 0.1) is 0 Å². The quantitative estimate of drug-likeness (QED) is 0.827. The largest absolute Gasteiger partial charge is 0.489 e. The lowest BCUT2D eigenvalue weighted by molar-refractivity contribution is 0.355. The molecule has 1 aliphatic rings. The molecule has 1 heterocycles. The van der Waals surface area contributed by atoms with Crippen LogP contribution in [0.15, 0.2) is 54.1 Å². The Bertz CT molecular complexity index is 712. The van der Waals surface area contributed by atoms with Gasteiger partial charge >= 0.3 is 0 Å². The van der Waals surface area contributed by atoms with E-state index in [1.807, 2.05) is 30.3 Å². The smallest absolute Gasteiger partial charge is 0.120 e. The Morgan fingerprint density at radius 1 is 1.16 bits per heavy atom. The predicted molar refractivity (Wildman–Crippen MR) is 81.1 cm³/mol. The Kier molecular flexibility index (Phi) is 3.47. The maximum atomic E-state index is 5.82. The molecule has 1 aliphatic carbocycles. The monoisotopic (exact) mass is 269 g/mol. The van der Waals surface area contributed by atoms with Gasteiger partial charge in [-0.3, -0.25) is 0 Å². The summed E-state index contributed by atoms with van der Waals surface area (Å²) < 4.78 is 6.57. The molecule has 0 radical (unpaired) electrons. The number of aromatic amines is 1. The number of ether oxygens (including phenoxy) is 1. The lowest BCUT2D eigenvalue weighted by Crippen LogP contribution is -2.01. The molecule has 0 saturated heterocycles. The summed E-state index contributed by atoms with van der Waals surface area (Å²) in [5.41, 5.74) is 2.29. The fourth-order valence-electron chi connectivity index (χ4n) is 2.16. The molecule has 0 unspecified atom stereocenters. The van der Waals surface area contributed by atoms with Crippen molar-refractivity contribution in [1.82, 2.24) is 4.98 Å². The van der Waals surface area contributed by atoms with Crippen molar-refractivity contribution < 1.29 is 4.74 Å². The van der Waals surface area contributed by atoms with Gasteiger partial charge in [-0.1, -0.05) is 30.4 Å². The third-order valence-electron chi connectivity index (χ3n) is 3.17. The highest BCUT2D eigenvalue weighted by molar-refractivity contribution is 7.71. The normalized spacial score (nSPS) is 14.4. The molecule has 96 valence electrons. The van der Waals surface area contributed by atoms with Crippen LogP contribution in [0.2, 0.25) is 0 Å². The summed E-state index contributed by atoms with van der Waals surface area (Å²) in [4.78, 5) is 3.16. The van der Waals surface area contributed by atoms with E-state index >= 15 is 0 Å². The van der Waals surface area contributed by atoms with Crippen LogP contribution in [0.1, 0.15) is 12.8 Å². The first kappa shape index (κ1) is 12.2. The number of benzene rings is 1. The summed E-state index contributed by atoms with van der Waals surface area (Å²) in [6.07, 6.45) is 8.82. The summed E-state index contributed by atoms with van der Waals surface area (Å²) >= 11 is 5.11. The van der Waals surface area contributed by atoms with Crippen molar-refractivity contribution in [3.63, 3.8) is 0 Å². The van der Waals surface area contributed by atoms with Crippen LogP contribution in [0.25, 0.3) is 10.9 Å². The highest BCUT2D eigenvalue weighted by atomic mass is 32.1. The van der Waals surface area contributed by atoms with Crippen molar-refractivity contribution in [1.29, 1.82) is 0 Å². The molecule has 1 aromatic carbocycles. The highest BCUT2D eigenvalue weighted by Crippen LogP contribution is 2.20. The van der Waals surface area contributed by atoms with Crippen molar-refractivity contribution in [3.05, 3.63) is 58.8 Å². The average Bonchev–Trinajstić information content (AvgIpc) is 2.46. The Balaban J connectivity index is 1.78. The average molecular weight is 269 g/mol. The van der Waals surface area contributed by atoms with E-state index in [1.54, 1.807) is 0 Å². The van der Waals surface area contributed by atoms with Crippen LogP contribution < -0.4 is 4.74 Å². The minimum Gasteiger partial charge on any atom is -0.489 e. The second-order valence-corrected chi connectivity index (χ2v) is 5.06.